The summed E-state index contributed by atoms with van der Waals surface area (Å²) < 4.78 is 5.12. The first-order valence-electron chi connectivity index (χ1n) is 5.67. The second-order valence-corrected chi connectivity index (χ2v) is 4.01. The molecule has 1 rings (SSSR count). The number of hydrogen-bond acceptors (Lipinski definition) is 4. The molecule has 0 aliphatic carbocycles. The Labute approximate surface area is 107 Å². The van der Waals surface area contributed by atoms with Gasteiger partial charge in [0.25, 0.3) is 0 Å². The molecule has 0 bridgehead atoms. The average Bonchev–Trinajstić information content (AvgIpc) is 2.35. The van der Waals surface area contributed by atoms with Crippen molar-refractivity contribution in [1.29, 1.82) is 0 Å². The molecular formula is C12H20N4O2. The van der Waals surface area contributed by atoms with E-state index in [0.29, 0.717) is 24.5 Å². The van der Waals surface area contributed by atoms with Gasteiger partial charge in [0.2, 0.25) is 0 Å². The first-order chi connectivity index (χ1) is 8.54. The number of carbonyl (C=O) groups is 1. The Balaban J connectivity index is 2.38. The van der Waals surface area contributed by atoms with Crippen molar-refractivity contribution < 1.29 is 9.53 Å². The van der Waals surface area contributed by atoms with Gasteiger partial charge in [0, 0.05) is 38.9 Å². The van der Waals surface area contributed by atoms with Gasteiger partial charge in [-0.25, -0.2) is 4.79 Å². The van der Waals surface area contributed by atoms with E-state index in [0.717, 1.165) is 5.69 Å². The van der Waals surface area contributed by atoms with Crippen molar-refractivity contribution >= 4 is 17.4 Å². The van der Waals surface area contributed by atoms with E-state index in [9.17, 15) is 4.79 Å². The standard InChI is InChI=1S/C12H20N4O2/c1-16(2)12(17)15-7-6-14-9-4-5-10(13)11(8-9)18-3/h4-5,8,14H,6-7,13H2,1-3H3,(H,15,17). The van der Waals surface area contributed by atoms with Crippen LogP contribution < -0.4 is 21.1 Å². The lowest BCUT2D eigenvalue weighted by Crippen LogP contribution is -2.37. The molecule has 0 aromatic heterocycles. The average molecular weight is 252 g/mol. The largest absolute Gasteiger partial charge is 0.495 e. The number of nitrogens with two attached hydrogens (primary N) is 1. The van der Waals surface area contributed by atoms with Crippen molar-refractivity contribution in [3.8, 4) is 5.75 Å². The highest BCUT2D eigenvalue weighted by Crippen LogP contribution is 2.24. The number of amides is 2. The monoisotopic (exact) mass is 252 g/mol. The Hall–Kier alpha value is -2.11. The van der Waals surface area contributed by atoms with E-state index in [4.69, 9.17) is 10.5 Å². The zero-order chi connectivity index (χ0) is 13.5. The van der Waals surface area contributed by atoms with Gasteiger partial charge in [0.1, 0.15) is 5.75 Å². The van der Waals surface area contributed by atoms with E-state index in [1.54, 1.807) is 27.3 Å². The number of nitrogens with one attached hydrogen (secondary N) is 2. The highest BCUT2D eigenvalue weighted by molar-refractivity contribution is 5.73. The minimum Gasteiger partial charge on any atom is -0.495 e. The van der Waals surface area contributed by atoms with Gasteiger partial charge in [-0.1, -0.05) is 0 Å². The molecule has 0 saturated carbocycles. The Morgan fingerprint density at radius 3 is 2.72 bits per heavy atom. The fourth-order valence-electron chi connectivity index (χ4n) is 1.36. The summed E-state index contributed by atoms with van der Waals surface area (Å²) in [5.74, 6) is 0.636. The van der Waals surface area contributed by atoms with E-state index in [1.807, 2.05) is 12.1 Å². The number of methoxy groups -OCH3 is 1. The van der Waals surface area contributed by atoms with Crippen LogP contribution >= 0.6 is 0 Å². The fraction of sp³-hybridized carbons (Fsp3) is 0.417. The van der Waals surface area contributed by atoms with Crippen molar-refractivity contribution in [1.82, 2.24) is 10.2 Å². The molecule has 4 N–H and O–H groups in total. The van der Waals surface area contributed by atoms with E-state index in [2.05, 4.69) is 10.6 Å². The van der Waals surface area contributed by atoms with Crippen LogP contribution in [0.3, 0.4) is 0 Å². The molecule has 0 heterocycles. The van der Waals surface area contributed by atoms with E-state index < -0.39 is 0 Å². The highest BCUT2D eigenvalue weighted by atomic mass is 16.5. The molecule has 0 aliphatic heterocycles. The lowest BCUT2D eigenvalue weighted by Gasteiger charge is -2.13. The molecular weight excluding hydrogens is 232 g/mol. The summed E-state index contributed by atoms with van der Waals surface area (Å²) in [4.78, 5) is 12.7. The maximum Gasteiger partial charge on any atom is 0.316 e. The summed E-state index contributed by atoms with van der Waals surface area (Å²) in [7, 11) is 4.98. The van der Waals surface area contributed by atoms with E-state index in [-0.39, 0.29) is 6.03 Å². The third kappa shape index (κ3) is 4.04. The number of carbonyl (C=O) groups excluding carboxylic acids is 1. The highest BCUT2D eigenvalue weighted by Gasteiger charge is 2.02. The number of hydrogen-bond donors (Lipinski definition) is 3. The molecule has 2 amide bonds. The molecule has 100 valence electrons. The Bertz CT molecular complexity index is 407. The Morgan fingerprint density at radius 2 is 2.11 bits per heavy atom. The maximum absolute atomic E-state index is 11.2. The van der Waals surface area contributed by atoms with Gasteiger partial charge in [-0.3, -0.25) is 0 Å². The van der Waals surface area contributed by atoms with Crippen LogP contribution in [-0.2, 0) is 0 Å². The Morgan fingerprint density at radius 1 is 1.39 bits per heavy atom. The summed E-state index contributed by atoms with van der Waals surface area (Å²) in [6, 6.07) is 5.36. The minimum atomic E-state index is -0.105. The molecule has 0 fully saturated rings. The van der Waals surface area contributed by atoms with E-state index in [1.165, 1.54) is 4.90 Å². The minimum absolute atomic E-state index is 0.105. The number of nitrogens with zero attached hydrogens (tertiary/aromatic N) is 1. The molecule has 0 aliphatic rings. The van der Waals surface area contributed by atoms with Crippen LogP contribution in [0.5, 0.6) is 5.75 Å². The lowest BCUT2D eigenvalue weighted by atomic mass is 10.2. The lowest BCUT2D eigenvalue weighted by molar-refractivity contribution is 0.218. The third-order valence-corrected chi connectivity index (χ3v) is 2.37. The molecule has 0 radical (unpaired) electrons. The van der Waals surface area contributed by atoms with Gasteiger partial charge in [-0.15, -0.1) is 0 Å². The van der Waals surface area contributed by atoms with Gasteiger partial charge < -0.3 is 26.0 Å². The van der Waals surface area contributed by atoms with Crippen molar-refractivity contribution in [2.24, 2.45) is 0 Å². The number of anilines is 2. The first-order valence-corrected chi connectivity index (χ1v) is 5.67. The topological polar surface area (TPSA) is 79.6 Å². The van der Waals surface area contributed by atoms with Gasteiger partial charge >= 0.3 is 6.03 Å². The number of rotatable bonds is 5. The van der Waals surface area contributed by atoms with Crippen molar-refractivity contribution in [3.05, 3.63) is 18.2 Å². The molecule has 0 unspecified atom stereocenters. The molecule has 0 spiro atoms. The predicted molar refractivity (Wildman–Crippen MR) is 73.0 cm³/mol. The number of nitrogen functional groups attached to an aromatic ring is 1. The molecule has 0 saturated heterocycles. The van der Waals surface area contributed by atoms with Crippen molar-refractivity contribution in [2.75, 3.05) is 45.3 Å². The second kappa shape index (κ2) is 6.58. The van der Waals surface area contributed by atoms with Crippen LogP contribution in [0.25, 0.3) is 0 Å². The van der Waals surface area contributed by atoms with Crippen LogP contribution in [0.2, 0.25) is 0 Å². The van der Waals surface area contributed by atoms with Crippen LogP contribution in [0.1, 0.15) is 0 Å². The normalized spacial score (nSPS) is 9.72. The summed E-state index contributed by atoms with van der Waals surface area (Å²) in [6.45, 7) is 1.18. The maximum atomic E-state index is 11.2. The molecule has 18 heavy (non-hydrogen) atoms. The van der Waals surface area contributed by atoms with Crippen molar-refractivity contribution in [2.45, 2.75) is 0 Å². The molecule has 1 aromatic rings. The fourth-order valence-corrected chi connectivity index (χ4v) is 1.36. The first kappa shape index (κ1) is 14.0. The van der Waals surface area contributed by atoms with Gasteiger partial charge in [-0.2, -0.15) is 0 Å². The smallest absolute Gasteiger partial charge is 0.316 e. The second-order valence-electron chi connectivity index (χ2n) is 4.01. The van der Waals surface area contributed by atoms with Gasteiger partial charge in [0.15, 0.2) is 0 Å². The molecule has 1 aromatic carbocycles. The quantitative estimate of drug-likeness (QED) is 0.538. The Kier molecular flexibility index (Phi) is 5.10. The molecule has 6 nitrogen and oxygen atoms in total. The molecule has 6 heteroatoms. The summed E-state index contributed by atoms with van der Waals surface area (Å²) in [5.41, 5.74) is 7.22. The van der Waals surface area contributed by atoms with Crippen LogP contribution in [0, 0.1) is 0 Å². The summed E-state index contributed by atoms with van der Waals surface area (Å²) >= 11 is 0. The van der Waals surface area contributed by atoms with Crippen molar-refractivity contribution in [3.63, 3.8) is 0 Å². The summed E-state index contributed by atoms with van der Waals surface area (Å²) in [6.07, 6.45) is 0. The third-order valence-electron chi connectivity index (χ3n) is 2.37. The predicted octanol–water partition coefficient (Wildman–Crippen LogP) is 0.960. The number of urea groups is 1. The molecule has 0 atom stereocenters. The van der Waals surface area contributed by atoms with E-state index >= 15 is 0 Å². The van der Waals surface area contributed by atoms with Crippen LogP contribution in [0.4, 0.5) is 16.2 Å². The van der Waals surface area contributed by atoms with Crippen LogP contribution in [0.15, 0.2) is 18.2 Å². The SMILES string of the molecule is COc1cc(NCCNC(=O)N(C)C)ccc1N. The van der Waals surface area contributed by atoms with Crippen LogP contribution in [-0.4, -0.2) is 45.2 Å². The number of benzene rings is 1. The summed E-state index contributed by atoms with van der Waals surface area (Å²) in [5, 5.41) is 5.93. The number of ether oxygens (including phenoxy) is 1. The van der Waals surface area contributed by atoms with Gasteiger partial charge in [0.05, 0.1) is 12.8 Å². The zero-order valence-corrected chi connectivity index (χ0v) is 11.0. The zero-order valence-electron chi connectivity index (χ0n) is 11.0. The van der Waals surface area contributed by atoms with Gasteiger partial charge in [-0.05, 0) is 12.1 Å².